The van der Waals surface area contributed by atoms with Crippen LogP contribution in [0.2, 0.25) is 0 Å². The van der Waals surface area contributed by atoms with Crippen LogP contribution in [0.5, 0.6) is 0 Å². The molecule has 0 fully saturated rings. The van der Waals surface area contributed by atoms with Gasteiger partial charge < -0.3 is 0 Å². The third-order valence-electron chi connectivity index (χ3n) is 3.41. The first-order valence-electron chi connectivity index (χ1n) is 6.53. The standard InChI is InChI=1S/C16H15NO2S2/c1-17(11-13-8-9-20-12-13)21(18,19)16-7-6-14-4-2-3-5-15(14)10-16/h2-10,12H,11H2,1H3. The Morgan fingerprint density at radius 3 is 2.52 bits per heavy atom. The Hall–Kier alpha value is -1.69. The van der Waals surface area contributed by atoms with Gasteiger partial charge >= 0.3 is 0 Å². The van der Waals surface area contributed by atoms with Gasteiger partial charge in [0.25, 0.3) is 0 Å². The Morgan fingerprint density at radius 2 is 1.81 bits per heavy atom. The minimum atomic E-state index is -3.47. The third kappa shape index (κ3) is 2.85. The molecule has 0 aliphatic rings. The Labute approximate surface area is 128 Å². The summed E-state index contributed by atoms with van der Waals surface area (Å²) in [6.07, 6.45) is 0. The molecule has 0 N–H and O–H groups in total. The molecule has 3 rings (SSSR count). The van der Waals surface area contributed by atoms with E-state index in [9.17, 15) is 8.42 Å². The monoisotopic (exact) mass is 317 g/mol. The first-order valence-corrected chi connectivity index (χ1v) is 8.92. The van der Waals surface area contributed by atoms with E-state index in [0.29, 0.717) is 11.4 Å². The van der Waals surface area contributed by atoms with Crippen LogP contribution in [0.3, 0.4) is 0 Å². The van der Waals surface area contributed by atoms with Crippen molar-refractivity contribution in [2.24, 2.45) is 0 Å². The fraction of sp³-hybridized carbons (Fsp3) is 0.125. The van der Waals surface area contributed by atoms with Crippen LogP contribution in [-0.2, 0) is 16.6 Å². The molecule has 5 heteroatoms. The average Bonchev–Trinajstić information content (AvgIpc) is 2.99. The van der Waals surface area contributed by atoms with Crippen LogP contribution in [0.15, 0.2) is 64.2 Å². The smallest absolute Gasteiger partial charge is 0.207 e. The number of hydrogen-bond donors (Lipinski definition) is 0. The maximum absolute atomic E-state index is 12.6. The highest BCUT2D eigenvalue weighted by molar-refractivity contribution is 7.89. The van der Waals surface area contributed by atoms with Crippen LogP contribution in [0, 0.1) is 0 Å². The minimum Gasteiger partial charge on any atom is -0.207 e. The molecule has 0 amide bonds. The molecule has 0 spiro atoms. The molecule has 0 saturated carbocycles. The second kappa shape index (κ2) is 5.60. The molecule has 0 aliphatic heterocycles. The maximum Gasteiger partial charge on any atom is 0.243 e. The van der Waals surface area contributed by atoms with Gasteiger partial charge in [-0.25, -0.2) is 8.42 Å². The van der Waals surface area contributed by atoms with Gasteiger partial charge in [0, 0.05) is 13.6 Å². The van der Waals surface area contributed by atoms with E-state index in [1.165, 1.54) is 4.31 Å². The van der Waals surface area contributed by atoms with Crippen LogP contribution in [0.4, 0.5) is 0 Å². The fourth-order valence-electron chi connectivity index (χ4n) is 2.23. The molecule has 0 bridgehead atoms. The van der Waals surface area contributed by atoms with Crippen LogP contribution in [0.25, 0.3) is 10.8 Å². The van der Waals surface area contributed by atoms with Gasteiger partial charge in [-0.15, -0.1) is 0 Å². The van der Waals surface area contributed by atoms with E-state index in [0.717, 1.165) is 16.3 Å². The molecule has 21 heavy (non-hydrogen) atoms. The van der Waals surface area contributed by atoms with Gasteiger partial charge in [0.2, 0.25) is 10.0 Å². The topological polar surface area (TPSA) is 37.4 Å². The number of hydrogen-bond acceptors (Lipinski definition) is 3. The Balaban J connectivity index is 1.95. The predicted molar refractivity (Wildman–Crippen MR) is 86.9 cm³/mol. The lowest BCUT2D eigenvalue weighted by Gasteiger charge is -2.17. The molecule has 3 nitrogen and oxygen atoms in total. The summed E-state index contributed by atoms with van der Waals surface area (Å²) in [5.74, 6) is 0. The highest BCUT2D eigenvalue weighted by Gasteiger charge is 2.21. The molecule has 1 heterocycles. The lowest BCUT2D eigenvalue weighted by molar-refractivity contribution is 0.467. The van der Waals surface area contributed by atoms with Crippen molar-refractivity contribution in [3.63, 3.8) is 0 Å². The summed E-state index contributed by atoms with van der Waals surface area (Å²) >= 11 is 1.57. The minimum absolute atomic E-state index is 0.332. The molecule has 1 aromatic heterocycles. The van der Waals surface area contributed by atoms with Crippen molar-refractivity contribution < 1.29 is 8.42 Å². The van der Waals surface area contributed by atoms with E-state index in [1.54, 1.807) is 30.5 Å². The van der Waals surface area contributed by atoms with Crippen molar-refractivity contribution in [3.05, 3.63) is 64.9 Å². The number of nitrogens with zero attached hydrogens (tertiary/aromatic N) is 1. The Bertz CT molecular complexity index is 855. The molecule has 3 aromatic rings. The summed E-state index contributed by atoms with van der Waals surface area (Å²) in [6, 6.07) is 14.9. The van der Waals surface area contributed by atoms with Crippen molar-refractivity contribution in [2.75, 3.05) is 7.05 Å². The molecule has 0 saturated heterocycles. The number of sulfonamides is 1. The van der Waals surface area contributed by atoms with Gasteiger partial charge in [-0.3, -0.25) is 0 Å². The summed E-state index contributed by atoms with van der Waals surface area (Å²) in [6.45, 7) is 0.388. The molecule has 108 valence electrons. The first-order chi connectivity index (χ1) is 10.1. The first kappa shape index (κ1) is 14.3. The number of benzene rings is 2. The lowest BCUT2D eigenvalue weighted by Crippen LogP contribution is -2.26. The maximum atomic E-state index is 12.6. The van der Waals surface area contributed by atoms with Crippen LogP contribution >= 0.6 is 11.3 Å². The zero-order valence-corrected chi connectivity index (χ0v) is 13.2. The summed E-state index contributed by atoms with van der Waals surface area (Å²) in [7, 11) is -1.86. The van der Waals surface area contributed by atoms with E-state index in [4.69, 9.17) is 0 Å². The summed E-state index contributed by atoms with van der Waals surface area (Å²) < 4.78 is 26.7. The van der Waals surface area contributed by atoms with Gasteiger partial charge in [0.05, 0.1) is 4.90 Å². The van der Waals surface area contributed by atoms with Gasteiger partial charge in [-0.1, -0.05) is 30.3 Å². The largest absolute Gasteiger partial charge is 0.243 e. The second-order valence-electron chi connectivity index (χ2n) is 4.90. The molecular formula is C16H15NO2S2. The van der Waals surface area contributed by atoms with E-state index in [-0.39, 0.29) is 0 Å². The van der Waals surface area contributed by atoms with E-state index >= 15 is 0 Å². The number of fused-ring (bicyclic) bond motifs is 1. The predicted octanol–water partition coefficient (Wildman–Crippen LogP) is 3.72. The number of thiophene rings is 1. The highest BCUT2D eigenvalue weighted by atomic mass is 32.2. The molecule has 0 atom stereocenters. The van der Waals surface area contributed by atoms with Gasteiger partial charge in [-0.05, 0) is 45.3 Å². The van der Waals surface area contributed by atoms with Crippen molar-refractivity contribution >= 4 is 32.1 Å². The zero-order valence-electron chi connectivity index (χ0n) is 11.6. The molecule has 0 radical (unpaired) electrons. The van der Waals surface area contributed by atoms with E-state index in [1.807, 2.05) is 47.2 Å². The second-order valence-corrected chi connectivity index (χ2v) is 7.73. The average molecular weight is 317 g/mol. The van der Waals surface area contributed by atoms with Crippen molar-refractivity contribution in [2.45, 2.75) is 11.4 Å². The van der Waals surface area contributed by atoms with E-state index < -0.39 is 10.0 Å². The number of rotatable bonds is 4. The molecular weight excluding hydrogens is 302 g/mol. The molecule has 0 aliphatic carbocycles. The van der Waals surface area contributed by atoms with Crippen LogP contribution in [-0.4, -0.2) is 19.8 Å². The normalized spacial score (nSPS) is 12.1. The third-order valence-corrected chi connectivity index (χ3v) is 5.95. The summed E-state index contributed by atoms with van der Waals surface area (Å²) in [4.78, 5) is 0.332. The highest BCUT2D eigenvalue weighted by Crippen LogP contribution is 2.22. The quantitative estimate of drug-likeness (QED) is 0.735. The van der Waals surface area contributed by atoms with Gasteiger partial charge in [0.15, 0.2) is 0 Å². The van der Waals surface area contributed by atoms with Crippen LogP contribution in [0.1, 0.15) is 5.56 Å². The van der Waals surface area contributed by atoms with E-state index in [2.05, 4.69) is 0 Å². The Morgan fingerprint density at radius 1 is 1.05 bits per heavy atom. The lowest BCUT2D eigenvalue weighted by atomic mass is 10.1. The fourth-order valence-corrected chi connectivity index (χ4v) is 4.09. The summed E-state index contributed by atoms with van der Waals surface area (Å²) in [5, 5.41) is 5.89. The SMILES string of the molecule is CN(Cc1ccsc1)S(=O)(=O)c1ccc2ccccc2c1. The van der Waals surface area contributed by atoms with Crippen LogP contribution < -0.4 is 0 Å². The summed E-state index contributed by atoms with van der Waals surface area (Å²) in [5.41, 5.74) is 1.01. The zero-order chi connectivity index (χ0) is 14.9. The van der Waals surface area contributed by atoms with Crippen molar-refractivity contribution in [3.8, 4) is 0 Å². The van der Waals surface area contributed by atoms with Crippen molar-refractivity contribution in [1.29, 1.82) is 0 Å². The Kier molecular flexibility index (Phi) is 3.80. The molecule has 0 unspecified atom stereocenters. The van der Waals surface area contributed by atoms with Gasteiger partial charge in [-0.2, -0.15) is 15.6 Å². The van der Waals surface area contributed by atoms with Gasteiger partial charge in [0.1, 0.15) is 0 Å². The molecule has 2 aromatic carbocycles. The van der Waals surface area contributed by atoms with Crippen molar-refractivity contribution in [1.82, 2.24) is 4.31 Å².